The maximum absolute atomic E-state index is 12.3. The third-order valence-corrected chi connectivity index (χ3v) is 3.99. The number of likely N-dealkylation sites (tertiary alicyclic amines) is 1. The Morgan fingerprint density at radius 3 is 2.70 bits per heavy atom. The Balaban J connectivity index is 1.81. The van der Waals surface area contributed by atoms with Crippen molar-refractivity contribution in [3.8, 4) is 0 Å². The molecule has 1 aliphatic heterocycles. The molecule has 0 aromatic heterocycles. The number of fused-ring (bicyclic) bond motifs is 1. The van der Waals surface area contributed by atoms with Crippen LogP contribution in [0.5, 0.6) is 0 Å². The largest absolute Gasteiger partial charge is 0.326 e. The van der Waals surface area contributed by atoms with E-state index in [1.165, 1.54) is 0 Å². The quantitative estimate of drug-likeness (QED) is 0.836. The minimum Gasteiger partial charge on any atom is -0.326 e. The van der Waals surface area contributed by atoms with E-state index in [4.69, 9.17) is 5.73 Å². The standard InChI is InChI=1S/C16H19N3O/c1-11-9-19(10-14(11)17)16(20)18-15-8-4-6-12-5-2-3-7-13(12)15/h2-8,11,14H,9-10,17H2,1H3,(H,18,20). The number of hydrogen-bond donors (Lipinski definition) is 2. The lowest BCUT2D eigenvalue weighted by Gasteiger charge is -2.17. The fourth-order valence-electron chi connectivity index (χ4n) is 2.69. The molecule has 1 aliphatic rings. The summed E-state index contributed by atoms with van der Waals surface area (Å²) in [6.07, 6.45) is 0. The molecule has 4 nitrogen and oxygen atoms in total. The predicted molar refractivity (Wildman–Crippen MR) is 81.7 cm³/mol. The van der Waals surface area contributed by atoms with Gasteiger partial charge in [-0.1, -0.05) is 43.3 Å². The molecule has 1 saturated heterocycles. The Hall–Kier alpha value is -2.07. The summed E-state index contributed by atoms with van der Waals surface area (Å²) < 4.78 is 0. The van der Waals surface area contributed by atoms with Crippen LogP contribution in [0, 0.1) is 5.92 Å². The third kappa shape index (κ3) is 2.34. The van der Waals surface area contributed by atoms with Crippen molar-refractivity contribution in [2.24, 2.45) is 11.7 Å². The number of amides is 2. The fraction of sp³-hybridized carbons (Fsp3) is 0.312. The Morgan fingerprint density at radius 1 is 1.20 bits per heavy atom. The van der Waals surface area contributed by atoms with Crippen LogP contribution in [0.3, 0.4) is 0 Å². The molecule has 0 aliphatic carbocycles. The van der Waals surface area contributed by atoms with Crippen molar-refractivity contribution in [3.63, 3.8) is 0 Å². The van der Waals surface area contributed by atoms with Gasteiger partial charge in [0.1, 0.15) is 0 Å². The van der Waals surface area contributed by atoms with Crippen molar-refractivity contribution in [1.29, 1.82) is 0 Å². The normalized spacial score (nSPS) is 22.2. The molecule has 0 saturated carbocycles. The van der Waals surface area contributed by atoms with Crippen LogP contribution in [0.1, 0.15) is 6.92 Å². The van der Waals surface area contributed by atoms with Crippen LogP contribution in [-0.2, 0) is 0 Å². The SMILES string of the molecule is CC1CN(C(=O)Nc2cccc3ccccc23)CC1N. The molecule has 3 N–H and O–H groups in total. The molecule has 3 rings (SSSR count). The molecular weight excluding hydrogens is 250 g/mol. The Bertz CT molecular complexity index is 625. The number of benzene rings is 2. The van der Waals surface area contributed by atoms with Gasteiger partial charge in [-0.05, 0) is 17.4 Å². The van der Waals surface area contributed by atoms with Crippen LogP contribution in [0.2, 0.25) is 0 Å². The van der Waals surface area contributed by atoms with Gasteiger partial charge in [0.05, 0.1) is 5.69 Å². The van der Waals surface area contributed by atoms with Crippen molar-refractivity contribution in [2.75, 3.05) is 18.4 Å². The molecule has 1 fully saturated rings. The number of nitrogens with two attached hydrogens (primary N) is 1. The molecule has 0 spiro atoms. The van der Waals surface area contributed by atoms with Gasteiger partial charge in [-0.3, -0.25) is 0 Å². The van der Waals surface area contributed by atoms with Gasteiger partial charge in [0.2, 0.25) is 0 Å². The van der Waals surface area contributed by atoms with E-state index in [0.717, 1.165) is 23.0 Å². The average molecular weight is 269 g/mol. The van der Waals surface area contributed by atoms with Crippen molar-refractivity contribution in [3.05, 3.63) is 42.5 Å². The highest BCUT2D eigenvalue weighted by molar-refractivity contribution is 6.01. The molecule has 2 atom stereocenters. The molecular formula is C16H19N3O. The van der Waals surface area contributed by atoms with Gasteiger partial charge >= 0.3 is 6.03 Å². The van der Waals surface area contributed by atoms with Gasteiger partial charge in [0.25, 0.3) is 0 Å². The van der Waals surface area contributed by atoms with E-state index in [0.29, 0.717) is 12.5 Å². The minimum absolute atomic E-state index is 0.0684. The molecule has 0 bridgehead atoms. The van der Waals surface area contributed by atoms with E-state index in [1.807, 2.05) is 42.5 Å². The summed E-state index contributed by atoms with van der Waals surface area (Å²) in [6, 6.07) is 14.0. The van der Waals surface area contributed by atoms with Gasteiger partial charge in [-0.2, -0.15) is 0 Å². The molecule has 2 unspecified atom stereocenters. The second-order valence-corrected chi connectivity index (χ2v) is 5.50. The van der Waals surface area contributed by atoms with Gasteiger partial charge in [-0.15, -0.1) is 0 Å². The second-order valence-electron chi connectivity index (χ2n) is 5.50. The lowest BCUT2D eigenvalue weighted by atomic mass is 10.1. The highest BCUT2D eigenvalue weighted by Gasteiger charge is 2.29. The first-order chi connectivity index (χ1) is 9.65. The topological polar surface area (TPSA) is 58.4 Å². The van der Waals surface area contributed by atoms with E-state index in [9.17, 15) is 4.79 Å². The number of carbonyl (C=O) groups excluding carboxylic acids is 1. The van der Waals surface area contributed by atoms with Crippen LogP contribution in [0.4, 0.5) is 10.5 Å². The monoisotopic (exact) mass is 269 g/mol. The zero-order valence-corrected chi connectivity index (χ0v) is 11.5. The van der Waals surface area contributed by atoms with Crippen molar-refractivity contribution < 1.29 is 4.79 Å². The maximum atomic E-state index is 12.3. The molecule has 4 heteroatoms. The summed E-state index contributed by atoms with van der Waals surface area (Å²) >= 11 is 0. The van der Waals surface area contributed by atoms with Gasteiger partial charge < -0.3 is 16.0 Å². The predicted octanol–water partition coefficient (Wildman–Crippen LogP) is 2.65. The average Bonchev–Trinajstić information content (AvgIpc) is 2.79. The first kappa shape index (κ1) is 12.9. The number of urea groups is 1. The summed E-state index contributed by atoms with van der Waals surface area (Å²) in [4.78, 5) is 14.1. The third-order valence-electron chi connectivity index (χ3n) is 3.99. The molecule has 2 amide bonds. The van der Waals surface area contributed by atoms with Crippen molar-refractivity contribution in [1.82, 2.24) is 4.90 Å². The Labute approximate surface area is 118 Å². The number of carbonyl (C=O) groups is 1. The van der Waals surface area contributed by atoms with Crippen LogP contribution in [0.15, 0.2) is 42.5 Å². The minimum atomic E-state index is -0.0684. The molecule has 20 heavy (non-hydrogen) atoms. The fourth-order valence-corrected chi connectivity index (χ4v) is 2.69. The van der Waals surface area contributed by atoms with Crippen LogP contribution >= 0.6 is 0 Å². The molecule has 2 aromatic rings. The maximum Gasteiger partial charge on any atom is 0.321 e. The summed E-state index contributed by atoms with van der Waals surface area (Å²) in [5.41, 5.74) is 6.82. The van der Waals surface area contributed by atoms with E-state index in [1.54, 1.807) is 4.90 Å². The number of nitrogens with one attached hydrogen (secondary N) is 1. The lowest BCUT2D eigenvalue weighted by molar-refractivity contribution is 0.221. The van der Waals surface area contributed by atoms with Crippen LogP contribution in [-0.4, -0.2) is 30.1 Å². The van der Waals surface area contributed by atoms with Gasteiger partial charge in [0, 0.05) is 24.5 Å². The smallest absolute Gasteiger partial charge is 0.321 e. The highest BCUT2D eigenvalue weighted by Crippen LogP contribution is 2.24. The van der Waals surface area contributed by atoms with Gasteiger partial charge in [0.15, 0.2) is 0 Å². The highest BCUT2D eigenvalue weighted by atomic mass is 16.2. The van der Waals surface area contributed by atoms with E-state index < -0.39 is 0 Å². The Morgan fingerprint density at radius 2 is 1.95 bits per heavy atom. The first-order valence-electron chi connectivity index (χ1n) is 6.94. The number of nitrogens with zero attached hydrogens (tertiary/aromatic N) is 1. The molecule has 2 aromatic carbocycles. The Kier molecular flexibility index (Phi) is 3.32. The van der Waals surface area contributed by atoms with E-state index >= 15 is 0 Å². The van der Waals surface area contributed by atoms with Crippen molar-refractivity contribution >= 4 is 22.5 Å². The molecule has 1 heterocycles. The van der Waals surface area contributed by atoms with Crippen LogP contribution in [0.25, 0.3) is 10.8 Å². The number of hydrogen-bond acceptors (Lipinski definition) is 2. The zero-order valence-electron chi connectivity index (χ0n) is 11.5. The summed E-state index contributed by atoms with van der Waals surface area (Å²) in [5.74, 6) is 0.355. The molecule has 0 radical (unpaired) electrons. The van der Waals surface area contributed by atoms with E-state index in [-0.39, 0.29) is 12.1 Å². The summed E-state index contributed by atoms with van der Waals surface area (Å²) in [5, 5.41) is 5.18. The number of anilines is 1. The van der Waals surface area contributed by atoms with Crippen LogP contribution < -0.4 is 11.1 Å². The number of rotatable bonds is 1. The summed E-state index contributed by atoms with van der Waals surface area (Å²) in [7, 11) is 0. The zero-order chi connectivity index (χ0) is 14.1. The van der Waals surface area contributed by atoms with Gasteiger partial charge in [-0.25, -0.2) is 4.79 Å². The first-order valence-corrected chi connectivity index (χ1v) is 6.94. The van der Waals surface area contributed by atoms with Crippen molar-refractivity contribution in [2.45, 2.75) is 13.0 Å². The summed E-state index contributed by atoms with van der Waals surface area (Å²) in [6.45, 7) is 3.42. The second kappa shape index (κ2) is 5.13. The molecule has 104 valence electrons. The van der Waals surface area contributed by atoms with E-state index in [2.05, 4.69) is 12.2 Å². The lowest BCUT2D eigenvalue weighted by Crippen LogP contribution is -2.35.